The molecule has 1 aromatic heterocycles. The number of hydrogen-bond acceptors (Lipinski definition) is 5. The zero-order valence-corrected chi connectivity index (χ0v) is 21.0. The Morgan fingerprint density at radius 3 is 2.47 bits per heavy atom. The third-order valence-corrected chi connectivity index (χ3v) is 7.42. The van der Waals surface area contributed by atoms with Gasteiger partial charge >= 0.3 is 17.8 Å². The largest absolute Gasteiger partial charge is 0.462 e. The molecular formula is C26H21ClF3N3O5. The first-order chi connectivity index (χ1) is 17.9. The maximum atomic E-state index is 13.6. The van der Waals surface area contributed by atoms with Gasteiger partial charge in [0.05, 0.1) is 34.8 Å². The van der Waals surface area contributed by atoms with E-state index in [0.29, 0.717) is 23.1 Å². The van der Waals surface area contributed by atoms with Crippen molar-refractivity contribution < 1.29 is 27.5 Å². The molecule has 0 atom stereocenters. The minimum Gasteiger partial charge on any atom is -0.462 e. The van der Waals surface area contributed by atoms with Gasteiger partial charge in [-0.1, -0.05) is 23.7 Å². The molecule has 0 bridgehead atoms. The summed E-state index contributed by atoms with van der Waals surface area (Å²) in [6.45, 7) is 0.869. The molecule has 38 heavy (non-hydrogen) atoms. The highest BCUT2D eigenvalue weighted by molar-refractivity contribution is 6.32. The topological polar surface area (TPSA) is 90.6 Å². The van der Waals surface area contributed by atoms with Crippen molar-refractivity contribution in [3.63, 3.8) is 0 Å². The van der Waals surface area contributed by atoms with Crippen molar-refractivity contribution in [2.45, 2.75) is 37.9 Å². The second kappa shape index (κ2) is 8.87. The standard InChI is InChI=1S/C26H21ClF3N3O5/c1-3-38-22(35)16-13-32(15-7-8-19-18(11-15)25(9-10-25)23(36)31(19)2)24(37)33(21(16)34)12-14-5-4-6-17(20(14)27)26(28,29)30/h4-8,11,13H,3,9-10,12H2,1-2H3. The Morgan fingerprint density at radius 1 is 1.13 bits per heavy atom. The van der Waals surface area contributed by atoms with E-state index in [1.807, 2.05) is 0 Å². The van der Waals surface area contributed by atoms with Gasteiger partial charge in [0.2, 0.25) is 5.91 Å². The van der Waals surface area contributed by atoms with Crippen molar-refractivity contribution in [1.82, 2.24) is 9.13 Å². The van der Waals surface area contributed by atoms with Crippen molar-refractivity contribution in [3.8, 4) is 5.69 Å². The van der Waals surface area contributed by atoms with Gasteiger partial charge in [0.1, 0.15) is 5.56 Å². The number of amides is 1. The van der Waals surface area contributed by atoms with E-state index < -0.39 is 51.5 Å². The Bertz CT molecular complexity index is 1620. The lowest BCUT2D eigenvalue weighted by atomic mass is 9.97. The minimum atomic E-state index is -4.75. The molecular weight excluding hydrogens is 527 g/mol. The number of halogens is 4. The second-order valence-corrected chi connectivity index (χ2v) is 9.61. The number of carbonyl (C=O) groups excluding carboxylic acids is 2. The SMILES string of the molecule is CCOC(=O)c1cn(-c2ccc3c(c2)C2(CC2)C(=O)N3C)c(=O)n(Cc2cccc(C(F)(F)F)c2Cl)c1=O. The number of alkyl halides is 3. The Hall–Kier alpha value is -3.86. The third-order valence-electron chi connectivity index (χ3n) is 6.98. The van der Waals surface area contributed by atoms with Crippen LogP contribution in [0, 0.1) is 0 Å². The normalized spacial score (nSPS) is 15.6. The average molecular weight is 548 g/mol. The Morgan fingerprint density at radius 2 is 1.84 bits per heavy atom. The van der Waals surface area contributed by atoms with Crippen LogP contribution in [0.25, 0.3) is 5.69 Å². The van der Waals surface area contributed by atoms with Gasteiger partial charge in [-0.3, -0.25) is 18.7 Å². The third kappa shape index (κ3) is 3.92. The smallest absolute Gasteiger partial charge is 0.417 e. The number of likely N-dealkylation sites (N-methyl/N-ethyl adjacent to an activating group) is 1. The van der Waals surface area contributed by atoms with E-state index in [0.717, 1.165) is 28.5 Å². The van der Waals surface area contributed by atoms with Gasteiger partial charge < -0.3 is 9.64 Å². The van der Waals surface area contributed by atoms with Gasteiger partial charge in [-0.2, -0.15) is 13.2 Å². The number of nitrogens with zero attached hydrogens (tertiary/aromatic N) is 3. The molecule has 2 aliphatic rings. The van der Waals surface area contributed by atoms with Crippen LogP contribution in [0.4, 0.5) is 18.9 Å². The number of carbonyl (C=O) groups is 2. The van der Waals surface area contributed by atoms with Gasteiger partial charge in [-0.05, 0) is 55.2 Å². The molecule has 0 unspecified atom stereocenters. The summed E-state index contributed by atoms with van der Waals surface area (Å²) in [5.74, 6) is -1.04. The molecule has 1 aliphatic carbocycles. The number of aromatic nitrogens is 2. The Labute approximate surface area is 218 Å². The van der Waals surface area contributed by atoms with Gasteiger partial charge in [-0.25, -0.2) is 9.59 Å². The predicted octanol–water partition coefficient (Wildman–Crippen LogP) is 3.90. The van der Waals surface area contributed by atoms with Crippen LogP contribution in [0.1, 0.15) is 46.8 Å². The van der Waals surface area contributed by atoms with Crippen molar-refractivity contribution >= 4 is 29.2 Å². The molecule has 0 N–H and O–H groups in total. The van der Waals surface area contributed by atoms with Crippen LogP contribution in [0.2, 0.25) is 5.02 Å². The molecule has 12 heteroatoms. The number of hydrogen-bond donors (Lipinski definition) is 0. The number of esters is 1. The van der Waals surface area contributed by atoms with Crippen LogP contribution in [-0.4, -0.2) is 34.7 Å². The molecule has 8 nitrogen and oxygen atoms in total. The summed E-state index contributed by atoms with van der Waals surface area (Å²) in [6, 6.07) is 8.06. The van der Waals surface area contributed by atoms with Gasteiger partial charge in [-0.15, -0.1) is 0 Å². The molecule has 0 radical (unpaired) electrons. The predicted molar refractivity (Wildman–Crippen MR) is 132 cm³/mol. The van der Waals surface area contributed by atoms with E-state index in [9.17, 15) is 32.3 Å². The second-order valence-electron chi connectivity index (χ2n) is 9.23. The van der Waals surface area contributed by atoms with E-state index in [1.54, 1.807) is 30.1 Å². The molecule has 1 saturated carbocycles. The summed E-state index contributed by atoms with van der Waals surface area (Å²) in [6.07, 6.45) is -2.39. The summed E-state index contributed by atoms with van der Waals surface area (Å²) in [5, 5.41) is -0.658. The van der Waals surface area contributed by atoms with Crippen LogP contribution >= 0.6 is 11.6 Å². The quantitative estimate of drug-likeness (QED) is 0.452. The van der Waals surface area contributed by atoms with Crippen molar-refractivity contribution in [2.24, 2.45) is 0 Å². The molecule has 2 heterocycles. The molecule has 1 spiro atoms. The van der Waals surface area contributed by atoms with E-state index in [-0.39, 0.29) is 23.8 Å². The highest BCUT2D eigenvalue weighted by Crippen LogP contribution is 2.57. The molecule has 1 aliphatic heterocycles. The molecule has 1 amide bonds. The summed E-state index contributed by atoms with van der Waals surface area (Å²) in [5.41, 5.74) is -2.63. The van der Waals surface area contributed by atoms with Gasteiger partial charge in [0.25, 0.3) is 5.56 Å². The zero-order valence-electron chi connectivity index (χ0n) is 20.3. The number of rotatable bonds is 5. The van der Waals surface area contributed by atoms with Crippen LogP contribution in [-0.2, 0) is 27.7 Å². The number of fused-ring (bicyclic) bond motifs is 2. The highest BCUT2D eigenvalue weighted by Gasteiger charge is 2.58. The molecule has 1 fully saturated rings. The van der Waals surface area contributed by atoms with Gasteiger partial charge in [0.15, 0.2) is 0 Å². The van der Waals surface area contributed by atoms with Crippen molar-refractivity contribution in [1.29, 1.82) is 0 Å². The summed E-state index contributed by atoms with van der Waals surface area (Å²) < 4.78 is 46.8. The van der Waals surface area contributed by atoms with Crippen LogP contribution in [0.3, 0.4) is 0 Å². The van der Waals surface area contributed by atoms with E-state index in [4.69, 9.17) is 16.3 Å². The molecule has 0 saturated heterocycles. The maximum absolute atomic E-state index is 13.6. The van der Waals surface area contributed by atoms with Crippen molar-refractivity contribution in [2.75, 3.05) is 18.6 Å². The summed E-state index contributed by atoms with van der Waals surface area (Å²) in [4.78, 5) is 53.7. The highest BCUT2D eigenvalue weighted by atomic mass is 35.5. The molecule has 3 aromatic rings. The van der Waals surface area contributed by atoms with Crippen LogP contribution < -0.4 is 16.1 Å². The lowest BCUT2D eigenvalue weighted by Gasteiger charge is -2.16. The fourth-order valence-corrected chi connectivity index (χ4v) is 5.16. The van der Waals surface area contributed by atoms with E-state index >= 15 is 0 Å². The first-order valence-electron chi connectivity index (χ1n) is 11.7. The molecule has 198 valence electrons. The molecule has 5 rings (SSSR count). The first kappa shape index (κ1) is 25.8. The number of benzene rings is 2. The lowest BCUT2D eigenvalue weighted by molar-refractivity contribution is -0.137. The lowest BCUT2D eigenvalue weighted by Crippen LogP contribution is -2.42. The fraction of sp³-hybridized carbons (Fsp3) is 0.308. The average Bonchev–Trinajstić information content (AvgIpc) is 3.64. The fourth-order valence-electron chi connectivity index (χ4n) is 4.87. The number of ether oxygens (including phenoxy) is 1. The summed E-state index contributed by atoms with van der Waals surface area (Å²) in [7, 11) is 1.66. The van der Waals surface area contributed by atoms with E-state index in [1.165, 1.54) is 13.0 Å². The first-order valence-corrected chi connectivity index (χ1v) is 12.1. The summed E-state index contributed by atoms with van der Waals surface area (Å²) >= 11 is 6.01. The Balaban J connectivity index is 1.69. The maximum Gasteiger partial charge on any atom is 0.417 e. The van der Waals surface area contributed by atoms with Crippen LogP contribution in [0.15, 0.2) is 52.2 Å². The zero-order chi connectivity index (χ0) is 27.6. The Kier molecular flexibility index (Phi) is 6.01. The van der Waals surface area contributed by atoms with Crippen LogP contribution in [0.5, 0.6) is 0 Å². The van der Waals surface area contributed by atoms with E-state index in [2.05, 4.69) is 0 Å². The minimum absolute atomic E-state index is 0.0478. The van der Waals surface area contributed by atoms with Gasteiger partial charge in [0, 0.05) is 18.9 Å². The molecule has 2 aromatic carbocycles. The monoisotopic (exact) mass is 547 g/mol. The number of anilines is 1. The van der Waals surface area contributed by atoms with Crippen molar-refractivity contribution in [3.05, 3.63) is 90.7 Å².